The summed E-state index contributed by atoms with van der Waals surface area (Å²) in [4.78, 5) is 37.5. The minimum absolute atomic E-state index is 0.0591. The van der Waals surface area contributed by atoms with Gasteiger partial charge < -0.3 is 15.0 Å². The highest BCUT2D eigenvalue weighted by molar-refractivity contribution is 7.93. The molecule has 0 spiro atoms. The lowest BCUT2D eigenvalue weighted by molar-refractivity contribution is -0.146. The summed E-state index contributed by atoms with van der Waals surface area (Å²) < 4.78 is 34.6. The van der Waals surface area contributed by atoms with Crippen LogP contribution in [0.15, 0.2) is 65.6 Å². The van der Waals surface area contributed by atoms with Gasteiger partial charge in [0.15, 0.2) is 0 Å². The molecule has 4 rings (SSSR count). The van der Waals surface area contributed by atoms with Crippen molar-refractivity contribution in [1.82, 2.24) is 4.90 Å². The van der Waals surface area contributed by atoms with Crippen LogP contribution in [0.25, 0.3) is 10.8 Å². The number of nitrogens with one attached hydrogen (secondary N) is 2. The SMILES string of the molecule is CC(=O)OCC(C)(C)C(=O)Nc1ccc(NS(=O)(=O)c2ccc(C3CCN(C(C)=O)CC3)c3ccccc23)cc1. The summed E-state index contributed by atoms with van der Waals surface area (Å²) in [5.41, 5.74) is 0.981. The molecule has 0 radical (unpaired) electrons. The van der Waals surface area contributed by atoms with Crippen molar-refractivity contribution in [2.75, 3.05) is 29.7 Å². The molecule has 0 atom stereocenters. The van der Waals surface area contributed by atoms with Crippen LogP contribution in [-0.4, -0.2) is 50.8 Å². The topological polar surface area (TPSA) is 122 Å². The van der Waals surface area contributed by atoms with Gasteiger partial charge in [0.1, 0.15) is 6.61 Å². The van der Waals surface area contributed by atoms with Crippen LogP contribution in [0.2, 0.25) is 0 Å². The predicted molar refractivity (Wildman–Crippen MR) is 154 cm³/mol. The van der Waals surface area contributed by atoms with Crippen LogP contribution in [-0.2, 0) is 29.1 Å². The number of anilines is 2. The lowest BCUT2D eigenvalue weighted by atomic mass is 9.86. The van der Waals surface area contributed by atoms with Crippen LogP contribution in [0.4, 0.5) is 11.4 Å². The fourth-order valence-corrected chi connectivity index (χ4v) is 6.14. The molecule has 3 aromatic rings. The Kier molecular flexibility index (Phi) is 8.48. The number of carbonyl (C=O) groups is 3. The minimum Gasteiger partial charge on any atom is -0.465 e. The first-order valence-corrected chi connectivity index (χ1v) is 14.7. The molecule has 2 N–H and O–H groups in total. The number of rotatable bonds is 8. The number of amides is 2. The van der Waals surface area contributed by atoms with Gasteiger partial charge in [-0.25, -0.2) is 8.42 Å². The van der Waals surface area contributed by atoms with Gasteiger partial charge in [0.2, 0.25) is 11.8 Å². The first-order chi connectivity index (χ1) is 18.9. The van der Waals surface area contributed by atoms with Crippen molar-refractivity contribution in [2.24, 2.45) is 5.41 Å². The van der Waals surface area contributed by atoms with Gasteiger partial charge in [0.05, 0.1) is 10.3 Å². The maximum absolute atomic E-state index is 13.5. The van der Waals surface area contributed by atoms with E-state index in [1.807, 2.05) is 35.2 Å². The molecule has 0 aromatic heterocycles. The highest BCUT2D eigenvalue weighted by Gasteiger charge is 2.29. The van der Waals surface area contributed by atoms with Crippen LogP contribution in [0.3, 0.4) is 0 Å². The summed E-state index contributed by atoms with van der Waals surface area (Å²) >= 11 is 0. The third-order valence-corrected chi connectivity index (χ3v) is 8.67. The van der Waals surface area contributed by atoms with E-state index in [-0.39, 0.29) is 29.2 Å². The molecule has 1 saturated heterocycles. The first kappa shape index (κ1) is 29.1. The molecule has 212 valence electrons. The van der Waals surface area contributed by atoms with Gasteiger partial charge in [-0.05, 0) is 73.9 Å². The van der Waals surface area contributed by atoms with Crippen molar-refractivity contribution in [2.45, 2.75) is 51.3 Å². The van der Waals surface area contributed by atoms with Crippen LogP contribution in [0.1, 0.15) is 52.0 Å². The normalized spacial score (nSPS) is 14.6. The van der Waals surface area contributed by atoms with Crippen molar-refractivity contribution in [3.05, 3.63) is 66.2 Å². The molecule has 1 heterocycles. The van der Waals surface area contributed by atoms with Crippen LogP contribution in [0.5, 0.6) is 0 Å². The summed E-state index contributed by atoms with van der Waals surface area (Å²) in [6.07, 6.45) is 1.66. The van der Waals surface area contributed by atoms with Gasteiger partial charge in [-0.1, -0.05) is 30.3 Å². The molecule has 0 unspecified atom stereocenters. The minimum atomic E-state index is -3.92. The van der Waals surface area contributed by atoms with Gasteiger partial charge in [-0.2, -0.15) is 0 Å². The van der Waals surface area contributed by atoms with Gasteiger partial charge in [-0.3, -0.25) is 19.1 Å². The summed E-state index contributed by atoms with van der Waals surface area (Å²) in [5, 5.41) is 4.30. The van der Waals surface area contributed by atoms with E-state index in [1.54, 1.807) is 51.1 Å². The number of nitrogens with zero attached hydrogens (tertiary/aromatic N) is 1. The third kappa shape index (κ3) is 6.62. The third-order valence-electron chi connectivity index (χ3n) is 7.23. The molecular weight excluding hydrogens is 530 g/mol. The Balaban J connectivity index is 1.50. The van der Waals surface area contributed by atoms with Crippen molar-refractivity contribution in [1.29, 1.82) is 0 Å². The summed E-state index contributed by atoms with van der Waals surface area (Å²) in [5.74, 6) is -0.475. The standard InChI is InChI=1S/C30H35N3O6S/c1-20(34)33-17-15-22(16-18-33)25-13-14-28(27-8-6-5-7-26(25)27)40(37,38)32-24-11-9-23(10-12-24)31-29(36)30(3,4)19-39-21(2)35/h5-14,22,32H,15-19H2,1-4H3,(H,31,36). The number of sulfonamides is 1. The van der Waals surface area contributed by atoms with E-state index in [9.17, 15) is 22.8 Å². The zero-order valence-corrected chi connectivity index (χ0v) is 24.0. The van der Waals surface area contributed by atoms with Crippen molar-refractivity contribution >= 4 is 50.0 Å². The number of likely N-dealkylation sites (tertiary alicyclic amines) is 1. The predicted octanol–water partition coefficient (Wildman–Crippen LogP) is 4.89. The molecule has 0 bridgehead atoms. The van der Waals surface area contributed by atoms with Gasteiger partial charge >= 0.3 is 5.97 Å². The summed E-state index contributed by atoms with van der Waals surface area (Å²) in [6, 6.07) is 17.4. The molecule has 3 aromatic carbocycles. The lowest BCUT2D eigenvalue weighted by Gasteiger charge is -2.32. The molecule has 40 heavy (non-hydrogen) atoms. The van der Waals surface area contributed by atoms with Gasteiger partial charge in [-0.15, -0.1) is 0 Å². The van der Waals surface area contributed by atoms with Crippen molar-refractivity contribution < 1.29 is 27.5 Å². The average molecular weight is 566 g/mol. The van der Waals surface area contributed by atoms with E-state index in [1.165, 1.54) is 6.92 Å². The highest BCUT2D eigenvalue weighted by Crippen LogP contribution is 2.36. The molecule has 9 nitrogen and oxygen atoms in total. The quantitative estimate of drug-likeness (QED) is 0.375. The smallest absolute Gasteiger partial charge is 0.302 e. The van der Waals surface area contributed by atoms with E-state index in [2.05, 4.69) is 10.0 Å². The van der Waals surface area contributed by atoms with E-state index in [0.717, 1.165) is 23.8 Å². The monoisotopic (exact) mass is 565 g/mol. The van der Waals surface area contributed by atoms with Gasteiger partial charge in [0.25, 0.3) is 10.0 Å². The Morgan fingerprint density at radius 1 is 0.900 bits per heavy atom. The number of esters is 1. The number of carbonyl (C=O) groups excluding carboxylic acids is 3. The largest absolute Gasteiger partial charge is 0.465 e. The van der Waals surface area contributed by atoms with Gasteiger partial charge in [0, 0.05) is 43.7 Å². The van der Waals surface area contributed by atoms with Crippen LogP contribution < -0.4 is 10.0 Å². The Bertz CT molecular complexity index is 1520. The summed E-state index contributed by atoms with van der Waals surface area (Å²) in [6.45, 7) is 7.52. The fourth-order valence-electron chi connectivity index (χ4n) is 4.87. The zero-order chi connectivity index (χ0) is 29.1. The molecular formula is C30H35N3O6S. The Morgan fingerprint density at radius 3 is 2.10 bits per heavy atom. The Labute approximate surface area is 234 Å². The van der Waals surface area contributed by atoms with Crippen LogP contribution in [0, 0.1) is 5.41 Å². The maximum atomic E-state index is 13.5. The fraction of sp³-hybridized carbons (Fsp3) is 0.367. The molecule has 2 amide bonds. The van der Waals surface area contributed by atoms with E-state index >= 15 is 0 Å². The zero-order valence-electron chi connectivity index (χ0n) is 23.2. The number of fused-ring (bicyclic) bond motifs is 1. The van der Waals surface area contributed by atoms with Crippen LogP contribution >= 0.6 is 0 Å². The van der Waals surface area contributed by atoms with Crippen molar-refractivity contribution in [3.8, 4) is 0 Å². The maximum Gasteiger partial charge on any atom is 0.302 e. The first-order valence-electron chi connectivity index (χ1n) is 13.2. The number of piperidine rings is 1. The number of benzene rings is 3. The molecule has 10 heteroatoms. The second-order valence-corrected chi connectivity index (χ2v) is 12.4. The molecule has 1 fully saturated rings. The number of hydrogen-bond acceptors (Lipinski definition) is 6. The second-order valence-electron chi connectivity index (χ2n) is 10.8. The molecule has 0 aliphatic carbocycles. The Hall–Kier alpha value is -3.92. The van der Waals surface area contributed by atoms with Crippen molar-refractivity contribution in [3.63, 3.8) is 0 Å². The number of hydrogen-bond donors (Lipinski definition) is 2. The molecule has 0 saturated carbocycles. The molecule has 1 aliphatic rings. The number of ether oxygens (including phenoxy) is 1. The van der Waals surface area contributed by atoms with E-state index in [0.29, 0.717) is 29.9 Å². The van der Waals surface area contributed by atoms with E-state index < -0.39 is 21.4 Å². The summed E-state index contributed by atoms with van der Waals surface area (Å²) in [7, 11) is -3.92. The molecule has 1 aliphatic heterocycles. The Morgan fingerprint density at radius 2 is 1.50 bits per heavy atom. The average Bonchev–Trinajstić information content (AvgIpc) is 2.92. The second kappa shape index (κ2) is 11.7. The van der Waals surface area contributed by atoms with E-state index in [4.69, 9.17) is 4.74 Å². The highest BCUT2D eigenvalue weighted by atomic mass is 32.2. The lowest BCUT2D eigenvalue weighted by Crippen LogP contribution is -2.36.